The highest BCUT2D eigenvalue weighted by atomic mass is 35.5. The van der Waals surface area contributed by atoms with Crippen LogP contribution in [0.3, 0.4) is 0 Å². The summed E-state index contributed by atoms with van der Waals surface area (Å²) in [5, 5.41) is 4.22. The molecule has 17 heavy (non-hydrogen) atoms. The molecule has 1 aliphatic heterocycles. The standard InChI is InChI=1S/C13H19ClN2O/c14-11-2-1-3-12(8-11)16-13(9-15)10-4-6-17-7-5-10/h1-3,8,10,13,16H,4-7,9,15H2. The Labute approximate surface area is 107 Å². The second kappa shape index (κ2) is 6.24. The average Bonchev–Trinajstić information content (AvgIpc) is 2.37. The first-order valence-corrected chi connectivity index (χ1v) is 6.47. The number of rotatable bonds is 4. The zero-order valence-electron chi connectivity index (χ0n) is 9.86. The van der Waals surface area contributed by atoms with Crippen LogP contribution in [0.1, 0.15) is 12.8 Å². The van der Waals surface area contributed by atoms with Crippen molar-refractivity contribution in [3.05, 3.63) is 29.3 Å². The topological polar surface area (TPSA) is 47.3 Å². The fourth-order valence-electron chi connectivity index (χ4n) is 2.28. The predicted molar refractivity (Wildman–Crippen MR) is 71.5 cm³/mol. The van der Waals surface area contributed by atoms with E-state index < -0.39 is 0 Å². The highest BCUT2D eigenvalue weighted by Gasteiger charge is 2.22. The van der Waals surface area contributed by atoms with Gasteiger partial charge in [0.15, 0.2) is 0 Å². The summed E-state index contributed by atoms with van der Waals surface area (Å²) in [6, 6.07) is 8.08. The molecule has 94 valence electrons. The summed E-state index contributed by atoms with van der Waals surface area (Å²) in [6.07, 6.45) is 2.16. The molecule has 4 heteroatoms. The van der Waals surface area contributed by atoms with Crippen LogP contribution in [-0.2, 0) is 4.74 Å². The summed E-state index contributed by atoms with van der Waals surface area (Å²) in [4.78, 5) is 0. The van der Waals surface area contributed by atoms with Gasteiger partial charge in [0.1, 0.15) is 0 Å². The third-order valence-corrected chi connectivity index (χ3v) is 3.50. The van der Waals surface area contributed by atoms with Crippen LogP contribution >= 0.6 is 11.6 Å². The zero-order valence-corrected chi connectivity index (χ0v) is 10.6. The smallest absolute Gasteiger partial charge is 0.0469 e. The number of hydrogen-bond acceptors (Lipinski definition) is 3. The molecule has 1 aromatic carbocycles. The number of anilines is 1. The maximum absolute atomic E-state index is 5.97. The van der Waals surface area contributed by atoms with Gasteiger partial charge in [-0.1, -0.05) is 17.7 Å². The van der Waals surface area contributed by atoms with Gasteiger partial charge in [-0.25, -0.2) is 0 Å². The molecule has 1 atom stereocenters. The van der Waals surface area contributed by atoms with Crippen LogP contribution in [0.25, 0.3) is 0 Å². The van der Waals surface area contributed by atoms with Crippen LogP contribution in [0.5, 0.6) is 0 Å². The van der Waals surface area contributed by atoms with E-state index in [0.29, 0.717) is 18.5 Å². The number of benzene rings is 1. The average molecular weight is 255 g/mol. The molecular formula is C13H19ClN2O. The first-order chi connectivity index (χ1) is 8.29. The molecule has 0 saturated carbocycles. The number of halogens is 1. The van der Waals surface area contributed by atoms with Crippen molar-refractivity contribution in [2.75, 3.05) is 25.1 Å². The van der Waals surface area contributed by atoms with Crippen LogP contribution in [0, 0.1) is 5.92 Å². The molecule has 1 saturated heterocycles. The third-order valence-electron chi connectivity index (χ3n) is 3.27. The maximum Gasteiger partial charge on any atom is 0.0469 e. The largest absolute Gasteiger partial charge is 0.381 e. The Bertz CT molecular complexity index is 353. The summed E-state index contributed by atoms with van der Waals surface area (Å²) in [7, 11) is 0. The van der Waals surface area contributed by atoms with Crippen LogP contribution in [0.4, 0.5) is 5.69 Å². The Hall–Kier alpha value is -0.770. The van der Waals surface area contributed by atoms with E-state index >= 15 is 0 Å². The summed E-state index contributed by atoms with van der Waals surface area (Å²) in [5.74, 6) is 0.590. The molecule has 3 N–H and O–H groups in total. The lowest BCUT2D eigenvalue weighted by Gasteiger charge is -2.30. The SMILES string of the molecule is NCC(Nc1cccc(Cl)c1)C1CCOCC1. The number of nitrogens with two attached hydrogens (primary N) is 1. The number of nitrogens with one attached hydrogen (secondary N) is 1. The van der Waals surface area contributed by atoms with Crippen molar-refractivity contribution in [1.29, 1.82) is 0 Å². The van der Waals surface area contributed by atoms with E-state index in [4.69, 9.17) is 22.1 Å². The lowest BCUT2D eigenvalue weighted by molar-refractivity contribution is 0.0614. The fraction of sp³-hybridized carbons (Fsp3) is 0.538. The van der Waals surface area contributed by atoms with Crippen molar-refractivity contribution in [2.24, 2.45) is 11.7 Å². The molecule has 3 nitrogen and oxygen atoms in total. The summed E-state index contributed by atoms with van der Waals surface area (Å²) in [5.41, 5.74) is 6.89. The normalized spacial score (nSPS) is 18.9. The van der Waals surface area contributed by atoms with Crippen LogP contribution < -0.4 is 11.1 Å². The molecule has 0 aliphatic carbocycles. The minimum Gasteiger partial charge on any atom is -0.381 e. The first-order valence-electron chi connectivity index (χ1n) is 6.09. The summed E-state index contributed by atoms with van der Waals surface area (Å²) < 4.78 is 5.37. The maximum atomic E-state index is 5.97. The molecule has 0 aromatic heterocycles. The van der Waals surface area contributed by atoms with Crippen molar-refractivity contribution in [2.45, 2.75) is 18.9 Å². The Kier molecular flexibility index (Phi) is 4.66. The van der Waals surface area contributed by atoms with Crippen molar-refractivity contribution in [3.8, 4) is 0 Å². The third kappa shape index (κ3) is 3.60. The molecule has 1 unspecified atom stereocenters. The minimum absolute atomic E-state index is 0.303. The van der Waals surface area contributed by atoms with Crippen molar-refractivity contribution in [1.82, 2.24) is 0 Å². The van der Waals surface area contributed by atoms with Gasteiger partial charge < -0.3 is 15.8 Å². The molecule has 1 aromatic rings. The van der Waals surface area contributed by atoms with Crippen LogP contribution in [0.15, 0.2) is 24.3 Å². The summed E-state index contributed by atoms with van der Waals surface area (Å²) in [6.45, 7) is 2.33. The Balaban J connectivity index is 1.98. The minimum atomic E-state index is 0.303. The monoisotopic (exact) mass is 254 g/mol. The number of ether oxygens (including phenoxy) is 1. The molecule has 1 aliphatic rings. The Morgan fingerprint density at radius 1 is 1.41 bits per heavy atom. The van der Waals surface area contributed by atoms with Crippen molar-refractivity contribution in [3.63, 3.8) is 0 Å². The quantitative estimate of drug-likeness (QED) is 0.868. The van der Waals surface area contributed by atoms with Gasteiger partial charge >= 0.3 is 0 Å². The van der Waals surface area contributed by atoms with Crippen LogP contribution in [-0.4, -0.2) is 25.8 Å². The van der Waals surface area contributed by atoms with E-state index in [1.165, 1.54) is 0 Å². The van der Waals surface area contributed by atoms with Gasteiger partial charge in [-0.3, -0.25) is 0 Å². The van der Waals surface area contributed by atoms with Gasteiger partial charge in [0.2, 0.25) is 0 Å². The van der Waals surface area contributed by atoms with E-state index in [9.17, 15) is 0 Å². The second-order valence-electron chi connectivity index (χ2n) is 4.45. The molecular weight excluding hydrogens is 236 g/mol. The first kappa shape index (κ1) is 12.7. The lowest BCUT2D eigenvalue weighted by Crippen LogP contribution is -2.39. The molecule has 1 fully saturated rings. The highest BCUT2D eigenvalue weighted by molar-refractivity contribution is 6.30. The van der Waals surface area contributed by atoms with Crippen molar-refractivity contribution >= 4 is 17.3 Å². The predicted octanol–water partition coefficient (Wildman–Crippen LogP) is 2.51. The second-order valence-corrected chi connectivity index (χ2v) is 4.88. The fourth-order valence-corrected chi connectivity index (χ4v) is 2.47. The van der Waals surface area contributed by atoms with Gasteiger partial charge in [0.05, 0.1) is 0 Å². The van der Waals surface area contributed by atoms with Crippen molar-refractivity contribution < 1.29 is 4.74 Å². The molecule has 0 amide bonds. The molecule has 0 radical (unpaired) electrons. The van der Waals surface area contributed by atoms with Crippen LogP contribution in [0.2, 0.25) is 5.02 Å². The molecule has 0 bridgehead atoms. The van der Waals surface area contributed by atoms with Gasteiger partial charge in [-0.2, -0.15) is 0 Å². The Morgan fingerprint density at radius 2 is 2.18 bits per heavy atom. The molecule has 1 heterocycles. The Morgan fingerprint density at radius 3 is 2.82 bits per heavy atom. The van der Waals surface area contributed by atoms with E-state index in [0.717, 1.165) is 36.8 Å². The van der Waals surface area contributed by atoms with Gasteiger partial charge in [0.25, 0.3) is 0 Å². The van der Waals surface area contributed by atoms with E-state index in [2.05, 4.69) is 5.32 Å². The molecule has 0 spiro atoms. The highest BCUT2D eigenvalue weighted by Crippen LogP contribution is 2.23. The van der Waals surface area contributed by atoms with E-state index in [1.54, 1.807) is 0 Å². The van der Waals surface area contributed by atoms with Gasteiger partial charge in [-0.15, -0.1) is 0 Å². The van der Waals surface area contributed by atoms with E-state index in [1.807, 2.05) is 24.3 Å². The molecule has 2 rings (SSSR count). The number of hydrogen-bond donors (Lipinski definition) is 2. The zero-order chi connectivity index (χ0) is 12.1. The van der Waals surface area contributed by atoms with Gasteiger partial charge in [-0.05, 0) is 37.0 Å². The summed E-state index contributed by atoms with van der Waals surface area (Å²) >= 11 is 5.97. The van der Waals surface area contributed by atoms with Gasteiger partial charge in [0, 0.05) is 36.5 Å². The lowest BCUT2D eigenvalue weighted by atomic mass is 9.91. The van der Waals surface area contributed by atoms with E-state index in [-0.39, 0.29) is 0 Å².